The van der Waals surface area contributed by atoms with Crippen LogP contribution in [0.15, 0.2) is 42.5 Å². The van der Waals surface area contributed by atoms with Crippen LogP contribution in [0.1, 0.15) is 24.2 Å². The van der Waals surface area contributed by atoms with Gasteiger partial charge in [-0.3, -0.25) is 4.79 Å². The molecule has 0 radical (unpaired) electrons. The lowest BCUT2D eigenvalue weighted by Crippen LogP contribution is -2.21. The van der Waals surface area contributed by atoms with E-state index in [0.29, 0.717) is 24.7 Å². The van der Waals surface area contributed by atoms with E-state index in [1.165, 1.54) is 30.3 Å². The van der Waals surface area contributed by atoms with Crippen LogP contribution in [-0.4, -0.2) is 31.7 Å². The fourth-order valence-electron chi connectivity index (χ4n) is 2.14. The first-order valence-electron chi connectivity index (χ1n) is 8.16. The Morgan fingerprint density at radius 1 is 1.00 bits per heavy atom. The van der Waals surface area contributed by atoms with Gasteiger partial charge in [0, 0.05) is 0 Å². The number of carbonyl (C=O) groups is 2. The molecule has 0 fully saturated rings. The minimum Gasteiger partial charge on any atom is -0.490 e. The number of ether oxygens (including phenoxy) is 3. The summed E-state index contributed by atoms with van der Waals surface area (Å²) in [7, 11) is 0. The second-order valence-corrected chi connectivity index (χ2v) is 5.13. The fraction of sp³-hybridized carbons (Fsp3) is 0.263. The van der Waals surface area contributed by atoms with Gasteiger partial charge in [-0.1, -0.05) is 12.1 Å². The van der Waals surface area contributed by atoms with Crippen molar-refractivity contribution in [2.24, 2.45) is 0 Å². The van der Waals surface area contributed by atoms with Crippen molar-refractivity contribution in [3.8, 4) is 11.5 Å². The highest BCUT2D eigenvalue weighted by atomic mass is 19.1. The standard InChI is InChI=1S/C19H20FNO5/c1-3-24-16-10-9-13(11-17(16)25-4-2)19(23)26-12-18(22)21-15-8-6-5-7-14(15)20/h5-11H,3-4,12H2,1-2H3,(H,21,22). The van der Waals surface area contributed by atoms with Crippen LogP contribution >= 0.6 is 0 Å². The predicted octanol–water partition coefficient (Wildman–Crippen LogP) is 3.42. The van der Waals surface area contributed by atoms with E-state index in [-0.39, 0.29) is 11.3 Å². The van der Waals surface area contributed by atoms with Crippen molar-refractivity contribution in [1.29, 1.82) is 0 Å². The maximum atomic E-state index is 13.5. The van der Waals surface area contributed by atoms with Gasteiger partial charge < -0.3 is 19.5 Å². The van der Waals surface area contributed by atoms with Gasteiger partial charge in [-0.2, -0.15) is 0 Å². The Bertz CT molecular complexity index is 778. The maximum absolute atomic E-state index is 13.5. The van der Waals surface area contributed by atoms with Crippen LogP contribution < -0.4 is 14.8 Å². The molecular formula is C19H20FNO5. The molecule has 0 unspecified atom stereocenters. The molecule has 0 aromatic heterocycles. The van der Waals surface area contributed by atoms with E-state index < -0.39 is 24.3 Å². The van der Waals surface area contributed by atoms with Crippen molar-refractivity contribution in [2.75, 3.05) is 25.1 Å². The number of nitrogens with one attached hydrogen (secondary N) is 1. The molecule has 7 heteroatoms. The first kappa shape index (κ1) is 19.2. The lowest BCUT2D eigenvalue weighted by atomic mass is 10.2. The highest BCUT2D eigenvalue weighted by Crippen LogP contribution is 2.28. The summed E-state index contributed by atoms with van der Waals surface area (Å²) in [5, 5.41) is 2.34. The zero-order valence-corrected chi connectivity index (χ0v) is 14.6. The third kappa shape index (κ3) is 5.20. The average molecular weight is 361 g/mol. The van der Waals surface area contributed by atoms with Crippen molar-refractivity contribution in [2.45, 2.75) is 13.8 Å². The van der Waals surface area contributed by atoms with Crippen molar-refractivity contribution in [3.05, 3.63) is 53.8 Å². The topological polar surface area (TPSA) is 73.9 Å². The maximum Gasteiger partial charge on any atom is 0.338 e. The SMILES string of the molecule is CCOc1ccc(C(=O)OCC(=O)Nc2ccccc2F)cc1OCC. The molecule has 1 amide bonds. The van der Waals surface area contributed by atoms with E-state index in [9.17, 15) is 14.0 Å². The molecule has 6 nitrogen and oxygen atoms in total. The molecule has 0 aliphatic heterocycles. The van der Waals surface area contributed by atoms with Crippen LogP contribution in [0.2, 0.25) is 0 Å². The Morgan fingerprint density at radius 2 is 1.69 bits per heavy atom. The second kappa shape index (κ2) is 9.41. The number of hydrogen-bond donors (Lipinski definition) is 1. The van der Waals surface area contributed by atoms with Crippen LogP contribution in [0, 0.1) is 5.82 Å². The monoisotopic (exact) mass is 361 g/mol. The number of para-hydroxylation sites is 1. The van der Waals surface area contributed by atoms with E-state index in [1.807, 2.05) is 13.8 Å². The molecule has 0 saturated carbocycles. The largest absolute Gasteiger partial charge is 0.490 e. The first-order valence-corrected chi connectivity index (χ1v) is 8.16. The van der Waals surface area contributed by atoms with E-state index in [0.717, 1.165) is 0 Å². The first-order chi connectivity index (χ1) is 12.5. The van der Waals surface area contributed by atoms with Crippen LogP contribution in [0.4, 0.5) is 10.1 Å². The number of carbonyl (C=O) groups excluding carboxylic acids is 2. The summed E-state index contributed by atoms with van der Waals surface area (Å²) in [5.74, 6) is -0.972. The Labute approximate surface area is 150 Å². The van der Waals surface area contributed by atoms with Gasteiger partial charge in [0.25, 0.3) is 5.91 Å². The van der Waals surface area contributed by atoms with Gasteiger partial charge in [-0.15, -0.1) is 0 Å². The lowest BCUT2D eigenvalue weighted by Gasteiger charge is -2.12. The number of hydrogen-bond acceptors (Lipinski definition) is 5. The molecule has 2 rings (SSSR count). The molecule has 0 bridgehead atoms. The quantitative estimate of drug-likeness (QED) is 0.730. The van der Waals surface area contributed by atoms with Gasteiger partial charge in [0.2, 0.25) is 0 Å². The minimum absolute atomic E-state index is 0.0215. The minimum atomic E-state index is -0.697. The number of anilines is 1. The molecule has 2 aromatic carbocycles. The molecule has 26 heavy (non-hydrogen) atoms. The second-order valence-electron chi connectivity index (χ2n) is 5.13. The summed E-state index contributed by atoms with van der Waals surface area (Å²) >= 11 is 0. The average Bonchev–Trinajstić information content (AvgIpc) is 2.63. The third-order valence-electron chi connectivity index (χ3n) is 3.26. The van der Waals surface area contributed by atoms with Crippen LogP contribution in [0.3, 0.4) is 0 Å². The summed E-state index contributed by atoms with van der Waals surface area (Å²) in [6.45, 7) is 3.98. The van der Waals surface area contributed by atoms with Gasteiger partial charge in [-0.05, 0) is 44.2 Å². The Hall–Kier alpha value is -3.09. The molecular weight excluding hydrogens is 341 g/mol. The normalized spacial score (nSPS) is 10.1. The highest BCUT2D eigenvalue weighted by Gasteiger charge is 2.15. The van der Waals surface area contributed by atoms with Crippen LogP contribution in [0.5, 0.6) is 11.5 Å². The summed E-state index contributed by atoms with van der Waals surface area (Å²) in [4.78, 5) is 23.9. The molecule has 0 aliphatic rings. The number of amides is 1. The number of rotatable bonds is 8. The zero-order valence-electron chi connectivity index (χ0n) is 14.6. The molecule has 0 aliphatic carbocycles. The van der Waals surface area contributed by atoms with Gasteiger partial charge >= 0.3 is 5.97 Å². The van der Waals surface area contributed by atoms with E-state index >= 15 is 0 Å². The molecule has 0 atom stereocenters. The molecule has 1 N–H and O–H groups in total. The summed E-state index contributed by atoms with van der Waals surface area (Å²) in [5.41, 5.74) is 0.240. The molecule has 138 valence electrons. The van der Waals surface area contributed by atoms with Crippen LogP contribution in [-0.2, 0) is 9.53 Å². The van der Waals surface area contributed by atoms with Crippen molar-refractivity contribution in [1.82, 2.24) is 0 Å². The lowest BCUT2D eigenvalue weighted by molar-refractivity contribution is -0.119. The van der Waals surface area contributed by atoms with Crippen molar-refractivity contribution < 1.29 is 28.2 Å². The predicted molar refractivity (Wildman–Crippen MR) is 94.1 cm³/mol. The Balaban J connectivity index is 1.97. The number of esters is 1. The number of benzene rings is 2. The Morgan fingerprint density at radius 3 is 2.38 bits per heavy atom. The van der Waals surface area contributed by atoms with E-state index in [2.05, 4.69) is 5.32 Å². The highest BCUT2D eigenvalue weighted by molar-refractivity contribution is 5.95. The van der Waals surface area contributed by atoms with Gasteiger partial charge in [0.15, 0.2) is 18.1 Å². The summed E-state index contributed by atoms with van der Waals surface area (Å²) in [6, 6.07) is 10.3. The van der Waals surface area contributed by atoms with Crippen molar-refractivity contribution >= 4 is 17.6 Å². The summed E-state index contributed by atoms with van der Waals surface area (Å²) in [6.07, 6.45) is 0. The van der Waals surface area contributed by atoms with E-state index in [1.54, 1.807) is 12.1 Å². The van der Waals surface area contributed by atoms with Gasteiger partial charge in [0.1, 0.15) is 5.82 Å². The Kier molecular flexibility index (Phi) is 6.96. The smallest absolute Gasteiger partial charge is 0.338 e. The fourth-order valence-corrected chi connectivity index (χ4v) is 2.14. The van der Waals surface area contributed by atoms with Crippen LogP contribution in [0.25, 0.3) is 0 Å². The molecule has 0 spiro atoms. The van der Waals surface area contributed by atoms with E-state index in [4.69, 9.17) is 14.2 Å². The summed E-state index contributed by atoms with van der Waals surface area (Å²) < 4.78 is 29.3. The van der Waals surface area contributed by atoms with Gasteiger partial charge in [-0.25, -0.2) is 9.18 Å². The number of halogens is 1. The molecule has 0 saturated heterocycles. The van der Waals surface area contributed by atoms with Crippen molar-refractivity contribution in [3.63, 3.8) is 0 Å². The zero-order chi connectivity index (χ0) is 18.9. The third-order valence-corrected chi connectivity index (χ3v) is 3.26. The molecule has 2 aromatic rings. The van der Waals surface area contributed by atoms with Gasteiger partial charge in [0.05, 0.1) is 24.5 Å². The molecule has 0 heterocycles.